The first-order valence-corrected chi connectivity index (χ1v) is 11.7. The van der Waals surface area contributed by atoms with E-state index in [1.54, 1.807) is 0 Å². The van der Waals surface area contributed by atoms with Crippen molar-refractivity contribution in [3.63, 3.8) is 0 Å². The quantitative estimate of drug-likeness (QED) is 0.458. The van der Waals surface area contributed by atoms with E-state index in [0.717, 1.165) is 42.7 Å². The van der Waals surface area contributed by atoms with Crippen molar-refractivity contribution in [2.45, 2.75) is 25.7 Å². The predicted octanol–water partition coefficient (Wildman–Crippen LogP) is 4.85. The number of piperidine rings is 1. The van der Waals surface area contributed by atoms with E-state index in [4.69, 9.17) is 14.3 Å². The summed E-state index contributed by atoms with van der Waals surface area (Å²) in [7, 11) is 0. The van der Waals surface area contributed by atoms with Crippen LogP contribution in [-0.4, -0.2) is 42.9 Å². The van der Waals surface area contributed by atoms with E-state index >= 15 is 0 Å². The van der Waals surface area contributed by atoms with Crippen LogP contribution in [0, 0.1) is 5.92 Å². The zero-order chi connectivity index (χ0) is 21.6. The number of likely N-dealkylation sites (tertiary alicyclic amines) is 1. The highest BCUT2D eigenvalue weighted by atomic mass is 79.9. The average Bonchev–Trinajstić information content (AvgIpc) is 2.79. The van der Waals surface area contributed by atoms with Crippen LogP contribution in [0.4, 0.5) is 0 Å². The van der Waals surface area contributed by atoms with Crippen LogP contribution < -0.4 is 10.2 Å². The lowest BCUT2D eigenvalue weighted by Gasteiger charge is -2.32. The minimum Gasteiger partial charge on any atom is -0.490 e. The molecule has 0 spiro atoms. The first-order chi connectivity index (χ1) is 15.1. The van der Waals surface area contributed by atoms with Crippen molar-refractivity contribution in [3.8, 4) is 5.75 Å². The molecule has 0 radical (unpaired) electrons. The molecule has 2 aromatic carbocycles. The van der Waals surface area contributed by atoms with Gasteiger partial charge in [0.25, 0.3) is 0 Å². The molecular formula is C25H29BrClNO4. The molecule has 1 fully saturated rings. The van der Waals surface area contributed by atoms with E-state index < -0.39 is 0 Å². The van der Waals surface area contributed by atoms with Crippen LogP contribution in [0.5, 0.6) is 5.75 Å². The summed E-state index contributed by atoms with van der Waals surface area (Å²) in [6.45, 7) is 3.54. The summed E-state index contributed by atoms with van der Waals surface area (Å²) >= 11 is 3.51. The van der Waals surface area contributed by atoms with E-state index in [-0.39, 0.29) is 24.4 Å². The molecule has 3 aromatic rings. The van der Waals surface area contributed by atoms with Crippen LogP contribution >= 0.6 is 28.3 Å². The fourth-order valence-corrected chi connectivity index (χ4v) is 4.62. The zero-order valence-corrected chi connectivity index (χ0v) is 20.4. The Morgan fingerprint density at radius 2 is 1.88 bits per heavy atom. The molecular weight excluding hydrogens is 494 g/mol. The van der Waals surface area contributed by atoms with Gasteiger partial charge in [0.1, 0.15) is 17.9 Å². The molecule has 172 valence electrons. The maximum Gasteiger partial charge on any atom is 0.192 e. The van der Waals surface area contributed by atoms with Gasteiger partial charge in [0.2, 0.25) is 0 Å². The van der Waals surface area contributed by atoms with E-state index in [1.807, 2.05) is 18.2 Å². The minimum absolute atomic E-state index is 0. The molecule has 32 heavy (non-hydrogen) atoms. The summed E-state index contributed by atoms with van der Waals surface area (Å²) < 4.78 is 11.9. The molecule has 0 aliphatic carbocycles. The van der Waals surface area contributed by atoms with Crippen molar-refractivity contribution >= 4 is 39.3 Å². The number of halogens is 2. The fraction of sp³-hybridized carbons (Fsp3) is 0.400. The third-order valence-electron chi connectivity index (χ3n) is 6.02. The van der Waals surface area contributed by atoms with Crippen molar-refractivity contribution in [2.24, 2.45) is 5.92 Å². The standard InChI is InChI=1S/C25H28BrNO4.ClH/c26-22-3-1-20(17-25(22)31-14-12-28)15-19-6-10-27(11-7-19)9-5-18-2-4-24-21(16-18)23(29)8-13-30-24;/h1-4,8,13,16-17,19,28H,5-7,9-12,14-15H2;1H. The molecule has 4 rings (SSSR count). The maximum atomic E-state index is 12.0. The van der Waals surface area contributed by atoms with Gasteiger partial charge in [-0.3, -0.25) is 4.79 Å². The molecule has 0 amide bonds. The molecule has 5 nitrogen and oxygen atoms in total. The van der Waals surface area contributed by atoms with Crippen molar-refractivity contribution < 1.29 is 14.3 Å². The smallest absolute Gasteiger partial charge is 0.192 e. The average molecular weight is 523 g/mol. The molecule has 1 aromatic heterocycles. The number of ether oxygens (including phenoxy) is 1. The van der Waals surface area contributed by atoms with E-state index in [1.165, 1.54) is 36.3 Å². The van der Waals surface area contributed by atoms with Crippen molar-refractivity contribution in [3.05, 3.63) is 74.6 Å². The highest BCUT2D eigenvalue weighted by Gasteiger charge is 2.20. The third kappa shape index (κ3) is 6.35. The summed E-state index contributed by atoms with van der Waals surface area (Å²) in [5.74, 6) is 1.47. The summed E-state index contributed by atoms with van der Waals surface area (Å²) in [5, 5.41) is 9.65. The lowest BCUT2D eigenvalue weighted by Crippen LogP contribution is -2.35. The van der Waals surface area contributed by atoms with Crippen molar-refractivity contribution in [2.75, 3.05) is 32.8 Å². The highest BCUT2D eigenvalue weighted by molar-refractivity contribution is 9.10. The maximum absolute atomic E-state index is 12.0. The number of hydrogen-bond acceptors (Lipinski definition) is 5. The Bertz CT molecular complexity index is 1080. The van der Waals surface area contributed by atoms with Crippen molar-refractivity contribution in [1.82, 2.24) is 4.90 Å². The van der Waals surface area contributed by atoms with Gasteiger partial charge in [0.15, 0.2) is 5.43 Å². The van der Waals surface area contributed by atoms with Crippen LogP contribution in [0.2, 0.25) is 0 Å². The second-order valence-corrected chi connectivity index (χ2v) is 9.05. The van der Waals surface area contributed by atoms with Gasteiger partial charge in [0.05, 0.1) is 22.7 Å². The van der Waals surface area contributed by atoms with Crippen LogP contribution in [0.3, 0.4) is 0 Å². The highest BCUT2D eigenvalue weighted by Crippen LogP contribution is 2.29. The Morgan fingerprint density at radius 3 is 2.66 bits per heavy atom. The van der Waals surface area contributed by atoms with Gasteiger partial charge in [-0.15, -0.1) is 12.4 Å². The Hall–Kier alpha value is -1.86. The summed E-state index contributed by atoms with van der Waals surface area (Å²) in [5.41, 5.74) is 3.12. The molecule has 1 aliphatic rings. The monoisotopic (exact) mass is 521 g/mol. The predicted molar refractivity (Wildman–Crippen MR) is 133 cm³/mol. The van der Waals surface area contributed by atoms with Gasteiger partial charge in [-0.05, 0) is 96.0 Å². The first kappa shape index (κ1) is 24.8. The zero-order valence-electron chi connectivity index (χ0n) is 18.0. The number of rotatable bonds is 8. The number of nitrogens with zero attached hydrogens (tertiary/aromatic N) is 1. The van der Waals surface area contributed by atoms with Gasteiger partial charge in [0, 0.05) is 12.6 Å². The van der Waals surface area contributed by atoms with E-state index in [9.17, 15) is 4.79 Å². The van der Waals surface area contributed by atoms with Crippen LogP contribution in [0.25, 0.3) is 11.0 Å². The summed E-state index contributed by atoms with van der Waals surface area (Å²) in [6, 6.07) is 13.7. The second kappa shape index (κ2) is 11.8. The SMILES string of the molecule is Cl.O=c1ccoc2ccc(CCN3CCC(Cc4ccc(Br)c(OCCO)c4)CC3)cc12. The first-order valence-electron chi connectivity index (χ1n) is 10.9. The number of aliphatic hydroxyl groups excluding tert-OH is 1. The molecule has 0 unspecified atom stereocenters. The minimum atomic E-state index is 0. The molecule has 1 saturated heterocycles. The van der Waals surface area contributed by atoms with Crippen LogP contribution in [-0.2, 0) is 12.8 Å². The molecule has 1 aliphatic heterocycles. The van der Waals surface area contributed by atoms with Gasteiger partial charge in [-0.1, -0.05) is 12.1 Å². The lowest BCUT2D eigenvalue weighted by molar-refractivity contribution is 0.185. The molecule has 1 N–H and O–H groups in total. The Labute approximate surface area is 202 Å². The number of benzene rings is 2. The molecule has 0 bridgehead atoms. The summed E-state index contributed by atoms with van der Waals surface area (Å²) in [6.07, 6.45) is 5.81. The van der Waals surface area contributed by atoms with Crippen LogP contribution in [0.15, 0.2) is 62.4 Å². The number of hydrogen-bond donors (Lipinski definition) is 1. The second-order valence-electron chi connectivity index (χ2n) is 8.19. The largest absolute Gasteiger partial charge is 0.490 e. The molecule has 7 heteroatoms. The van der Waals surface area contributed by atoms with Crippen LogP contribution in [0.1, 0.15) is 24.0 Å². The Balaban J connectivity index is 0.00000289. The topological polar surface area (TPSA) is 62.9 Å². The van der Waals surface area contributed by atoms with E-state index in [2.05, 4.69) is 39.0 Å². The Kier molecular flexibility index (Phi) is 9.17. The third-order valence-corrected chi connectivity index (χ3v) is 6.67. The normalized spacial score (nSPS) is 14.9. The van der Waals surface area contributed by atoms with Gasteiger partial charge >= 0.3 is 0 Å². The number of aliphatic hydroxyl groups is 1. The van der Waals surface area contributed by atoms with Crippen molar-refractivity contribution in [1.29, 1.82) is 0 Å². The lowest BCUT2D eigenvalue weighted by atomic mass is 9.90. The summed E-state index contributed by atoms with van der Waals surface area (Å²) in [4.78, 5) is 14.5. The molecule has 0 atom stereocenters. The van der Waals surface area contributed by atoms with Gasteiger partial charge in [-0.25, -0.2) is 0 Å². The van der Waals surface area contributed by atoms with Gasteiger partial charge < -0.3 is 19.2 Å². The Morgan fingerprint density at radius 1 is 1.09 bits per heavy atom. The van der Waals surface area contributed by atoms with Gasteiger partial charge in [-0.2, -0.15) is 0 Å². The molecule has 0 saturated carbocycles. The fourth-order valence-electron chi connectivity index (χ4n) is 4.26. The molecule has 2 heterocycles. The number of fused-ring (bicyclic) bond motifs is 1. The van der Waals surface area contributed by atoms with E-state index in [0.29, 0.717) is 23.5 Å².